The summed E-state index contributed by atoms with van der Waals surface area (Å²) >= 11 is 2.87. The topological polar surface area (TPSA) is 75.3 Å². The average Bonchev–Trinajstić information content (AvgIpc) is 2.35. The van der Waals surface area contributed by atoms with Crippen LogP contribution >= 0.6 is 15.9 Å². The van der Waals surface area contributed by atoms with Crippen molar-refractivity contribution in [2.45, 2.75) is 0 Å². The first-order valence-electron chi connectivity index (χ1n) is 5.43. The van der Waals surface area contributed by atoms with Gasteiger partial charge in [-0.15, -0.1) is 0 Å². The first-order valence-corrected chi connectivity index (χ1v) is 6.22. The predicted octanol–water partition coefficient (Wildman–Crippen LogP) is 3.75. The van der Waals surface area contributed by atoms with Crippen molar-refractivity contribution >= 4 is 39.0 Å². The molecule has 0 spiro atoms. The number of carboxylic acids is 1. The van der Waals surface area contributed by atoms with Gasteiger partial charge >= 0.3 is 5.97 Å². The molecule has 0 fully saturated rings. The first-order chi connectivity index (χ1) is 9.38. The molecule has 4 nitrogen and oxygen atoms in total. The molecule has 2 aromatic rings. The third-order valence-corrected chi connectivity index (χ3v) is 3.18. The van der Waals surface area contributed by atoms with Crippen LogP contribution in [0, 0.1) is 11.6 Å². The van der Waals surface area contributed by atoms with E-state index in [1.807, 2.05) is 0 Å². The Balaban J connectivity index is 2.33. The molecule has 0 heterocycles. The summed E-state index contributed by atoms with van der Waals surface area (Å²) in [5.41, 5.74) is 5.82. The second kappa shape index (κ2) is 5.46. The lowest BCUT2D eigenvalue weighted by Crippen LogP contribution is -2.03. The lowest BCUT2D eigenvalue weighted by molar-refractivity contribution is 0.0698. The average molecular weight is 343 g/mol. The van der Waals surface area contributed by atoms with Crippen molar-refractivity contribution in [3.05, 3.63) is 52.0 Å². The fourth-order valence-corrected chi connectivity index (χ4v) is 1.92. The van der Waals surface area contributed by atoms with Crippen molar-refractivity contribution in [3.8, 4) is 0 Å². The molecule has 7 heteroatoms. The fourth-order valence-electron chi connectivity index (χ4n) is 1.61. The highest BCUT2D eigenvalue weighted by atomic mass is 79.9. The van der Waals surface area contributed by atoms with E-state index in [0.29, 0.717) is 5.69 Å². The van der Waals surface area contributed by atoms with Gasteiger partial charge in [-0.1, -0.05) is 0 Å². The van der Waals surface area contributed by atoms with Gasteiger partial charge in [-0.3, -0.25) is 0 Å². The van der Waals surface area contributed by atoms with Crippen molar-refractivity contribution in [2.24, 2.45) is 0 Å². The summed E-state index contributed by atoms with van der Waals surface area (Å²) in [6.45, 7) is 0. The number of hydrogen-bond donors (Lipinski definition) is 3. The van der Waals surface area contributed by atoms with Crippen LogP contribution in [0.15, 0.2) is 34.8 Å². The van der Waals surface area contributed by atoms with Crippen LogP contribution in [0.4, 0.5) is 25.8 Å². The van der Waals surface area contributed by atoms with Crippen molar-refractivity contribution < 1.29 is 18.7 Å². The van der Waals surface area contributed by atoms with E-state index in [9.17, 15) is 13.6 Å². The molecule has 0 aliphatic heterocycles. The summed E-state index contributed by atoms with van der Waals surface area (Å²) in [7, 11) is 0. The smallest absolute Gasteiger partial charge is 0.337 e. The number of anilines is 3. The van der Waals surface area contributed by atoms with Crippen LogP contribution < -0.4 is 11.1 Å². The van der Waals surface area contributed by atoms with Gasteiger partial charge in [-0.2, -0.15) is 0 Å². The Kier molecular flexibility index (Phi) is 3.89. The van der Waals surface area contributed by atoms with Crippen LogP contribution in [-0.4, -0.2) is 11.1 Å². The van der Waals surface area contributed by atoms with Crippen LogP contribution in [0.1, 0.15) is 10.4 Å². The van der Waals surface area contributed by atoms with E-state index in [1.54, 1.807) is 0 Å². The van der Waals surface area contributed by atoms with Gasteiger partial charge in [-0.25, -0.2) is 13.6 Å². The summed E-state index contributed by atoms with van der Waals surface area (Å²) in [6.07, 6.45) is 0. The minimum Gasteiger partial charge on any atom is -0.478 e. The lowest BCUT2D eigenvalue weighted by Gasteiger charge is -2.10. The number of nitrogens with one attached hydrogen (secondary N) is 1. The molecule has 0 aliphatic carbocycles. The van der Waals surface area contributed by atoms with Crippen LogP contribution in [0.2, 0.25) is 0 Å². The third-order valence-electron chi connectivity index (χ3n) is 2.57. The van der Waals surface area contributed by atoms with E-state index in [2.05, 4.69) is 21.2 Å². The number of nitrogens with two attached hydrogens (primary N) is 1. The molecule has 0 aromatic heterocycles. The highest BCUT2D eigenvalue weighted by Gasteiger charge is 2.11. The van der Waals surface area contributed by atoms with Crippen LogP contribution in [0.25, 0.3) is 0 Å². The molecule has 104 valence electrons. The zero-order valence-corrected chi connectivity index (χ0v) is 11.5. The zero-order chi connectivity index (χ0) is 14.9. The standard InChI is InChI=1S/C13H9BrF2N2O2/c14-8-4-10(16)12(5-9(8)15)18-6-1-2-7(13(19)20)11(17)3-6/h1-5,18H,17H2,(H,19,20). The number of halogens is 3. The second-order valence-corrected chi connectivity index (χ2v) is 4.83. The van der Waals surface area contributed by atoms with Crippen LogP contribution in [0.3, 0.4) is 0 Å². The summed E-state index contributed by atoms with van der Waals surface area (Å²) in [4.78, 5) is 10.8. The highest BCUT2D eigenvalue weighted by Crippen LogP contribution is 2.27. The van der Waals surface area contributed by atoms with E-state index in [-0.39, 0.29) is 21.4 Å². The highest BCUT2D eigenvalue weighted by molar-refractivity contribution is 9.10. The fraction of sp³-hybridized carbons (Fsp3) is 0. The van der Waals surface area contributed by atoms with Gasteiger partial charge in [0, 0.05) is 17.4 Å². The molecule has 0 radical (unpaired) electrons. The molecule has 0 aliphatic rings. The first kappa shape index (κ1) is 14.3. The van der Waals surface area contributed by atoms with Crippen molar-refractivity contribution in [2.75, 3.05) is 11.1 Å². The minimum absolute atomic E-state index is 0.0151. The maximum absolute atomic E-state index is 13.6. The number of carbonyl (C=O) groups is 1. The largest absolute Gasteiger partial charge is 0.478 e. The monoisotopic (exact) mass is 342 g/mol. The Labute approximate surface area is 121 Å². The Morgan fingerprint density at radius 3 is 2.50 bits per heavy atom. The molecule has 0 amide bonds. The Bertz CT molecular complexity index is 692. The van der Waals surface area contributed by atoms with E-state index < -0.39 is 17.6 Å². The molecule has 2 rings (SSSR count). The second-order valence-electron chi connectivity index (χ2n) is 3.98. The van der Waals surface area contributed by atoms with Gasteiger partial charge in [0.15, 0.2) is 0 Å². The third kappa shape index (κ3) is 2.88. The quantitative estimate of drug-likeness (QED) is 0.586. The molecule has 2 aromatic carbocycles. The van der Waals surface area contributed by atoms with Gasteiger partial charge in [-0.05, 0) is 40.2 Å². The molecule has 0 bridgehead atoms. The van der Waals surface area contributed by atoms with E-state index in [0.717, 1.165) is 12.1 Å². The van der Waals surface area contributed by atoms with Crippen LogP contribution in [0.5, 0.6) is 0 Å². The Hall–Kier alpha value is -2.15. The molecular weight excluding hydrogens is 334 g/mol. The lowest BCUT2D eigenvalue weighted by atomic mass is 10.1. The molecule has 0 atom stereocenters. The summed E-state index contributed by atoms with van der Waals surface area (Å²) in [6, 6.07) is 6.02. The predicted molar refractivity (Wildman–Crippen MR) is 75.2 cm³/mol. The number of hydrogen-bond acceptors (Lipinski definition) is 3. The van der Waals surface area contributed by atoms with E-state index in [1.165, 1.54) is 18.2 Å². The summed E-state index contributed by atoms with van der Waals surface area (Å²) in [5, 5.41) is 11.5. The number of aromatic carboxylic acids is 1. The van der Waals surface area contributed by atoms with Crippen LogP contribution in [-0.2, 0) is 0 Å². The Morgan fingerprint density at radius 2 is 1.90 bits per heavy atom. The van der Waals surface area contributed by atoms with Gasteiger partial charge in [0.05, 0.1) is 15.7 Å². The van der Waals surface area contributed by atoms with E-state index >= 15 is 0 Å². The molecule has 4 N–H and O–H groups in total. The van der Waals surface area contributed by atoms with Crippen molar-refractivity contribution in [1.29, 1.82) is 0 Å². The minimum atomic E-state index is -1.16. The van der Waals surface area contributed by atoms with E-state index in [4.69, 9.17) is 10.8 Å². The molecule has 20 heavy (non-hydrogen) atoms. The normalized spacial score (nSPS) is 10.3. The molecular formula is C13H9BrF2N2O2. The van der Waals surface area contributed by atoms with Crippen molar-refractivity contribution in [3.63, 3.8) is 0 Å². The van der Waals surface area contributed by atoms with Gasteiger partial charge in [0.25, 0.3) is 0 Å². The molecule has 0 saturated heterocycles. The summed E-state index contributed by atoms with van der Waals surface area (Å²) < 4.78 is 27.0. The summed E-state index contributed by atoms with van der Waals surface area (Å²) in [5.74, 6) is -2.43. The maximum atomic E-state index is 13.6. The van der Waals surface area contributed by atoms with Crippen molar-refractivity contribution in [1.82, 2.24) is 0 Å². The van der Waals surface area contributed by atoms with Gasteiger partial charge < -0.3 is 16.2 Å². The van der Waals surface area contributed by atoms with Gasteiger partial charge in [0.1, 0.15) is 11.6 Å². The number of benzene rings is 2. The maximum Gasteiger partial charge on any atom is 0.337 e. The number of nitrogen functional groups attached to an aromatic ring is 1. The number of carboxylic acid groups (broad SMARTS) is 1. The molecule has 0 unspecified atom stereocenters. The SMILES string of the molecule is Nc1cc(Nc2cc(F)c(Br)cc2F)ccc1C(=O)O. The zero-order valence-electron chi connectivity index (χ0n) is 9.95. The number of rotatable bonds is 3. The molecule has 0 saturated carbocycles. The van der Waals surface area contributed by atoms with Gasteiger partial charge in [0.2, 0.25) is 0 Å². The Morgan fingerprint density at radius 1 is 1.20 bits per heavy atom.